The Morgan fingerprint density at radius 3 is 2.77 bits per heavy atom. The first kappa shape index (κ1) is 9.03. The summed E-state index contributed by atoms with van der Waals surface area (Å²) in [5.41, 5.74) is 0. The van der Waals surface area contributed by atoms with Crippen molar-refractivity contribution in [1.82, 2.24) is 9.55 Å². The van der Waals surface area contributed by atoms with Gasteiger partial charge in [0.05, 0.1) is 6.20 Å². The summed E-state index contributed by atoms with van der Waals surface area (Å²) in [5.74, 6) is 1.61. The van der Waals surface area contributed by atoms with Crippen LogP contribution in [0.2, 0.25) is 5.15 Å². The molecule has 0 amide bonds. The van der Waals surface area contributed by atoms with E-state index in [4.69, 9.17) is 16.3 Å². The number of nitrogens with zero attached hydrogens (tertiary/aromatic N) is 2. The molecule has 1 aliphatic rings. The number of hydrogen-bond donors (Lipinski definition) is 0. The third kappa shape index (κ3) is 1.71. The van der Waals surface area contributed by atoms with Crippen molar-refractivity contribution in [3.05, 3.63) is 17.2 Å². The molecule has 0 aliphatic carbocycles. The summed E-state index contributed by atoms with van der Waals surface area (Å²) in [6, 6.07) is 0. The van der Waals surface area contributed by atoms with Crippen LogP contribution in [0.15, 0.2) is 6.20 Å². The molecule has 2 rings (SSSR count). The van der Waals surface area contributed by atoms with Crippen LogP contribution >= 0.6 is 11.6 Å². The van der Waals surface area contributed by atoms with Crippen molar-refractivity contribution in [2.24, 2.45) is 7.05 Å². The molecule has 2 heterocycles. The van der Waals surface area contributed by atoms with E-state index in [-0.39, 0.29) is 0 Å². The maximum absolute atomic E-state index is 5.92. The number of aromatic nitrogens is 2. The standard InChI is InChI=1S/C9H13ClN2O/c1-12-8(10)6-11-9(12)7-2-4-13-5-3-7/h6-7H,2-5H2,1H3. The van der Waals surface area contributed by atoms with Crippen molar-refractivity contribution in [1.29, 1.82) is 0 Å². The highest BCUT2D eigenvalue weighted by atomic mass is 35.5. The quantitative estimate of drug-likeness (QED) is 0.693. The highest BCUT2D eigenvalue weighted by Crippen LogP contribution is 2.26. The van der Waals surface area contributed by atoms with Crippen molar-refractivity contribution in [2.75, 3.05) is 13.2 Å². The minimum atomic E-state index is 0.520. The van der Waals surface area contributed by atoms with E-state index >= 15 is 0 Å². The minimum Gasteiger partial charge on any atom is -0.381 e. The third-order valence-corrected chi connectivity index (χ3v) is 2.91. The molecule has 1 aromatic rings. The fourth-order valence-electron chi connectivity index (χ4n) is 1.74. The molecule has 0 atom stereocenters. The van der Waals surface area contributed by atoms with Crippen molar-refractivity contribution in [3.63, 3.8) is 0 Å². The van der Waals surface area contributed by atoms with Crippen LogP contribution in [0.5, 0.6) is 0 Å². The molecule has 1 aliphatic heterocycles. The van der Waals surface area contributed by atoms with Gasteiger partial charge in [0.15, 0.2) is 0 Å². The van der Waals surface area contributed by atoms with Gasteiger partial charge in [-0.05, 0) is 12.8 Å². The van der Waals surface area contributed by atoms with Gasteiger partial charge < -0.3 is 9.30 Å². The summed E-state index contributed by atoms with van der Waals surface area (Å²) in [7, 11) is 1.96. The zero-order valence-electron chi connectivity index (χ0n) is 7.66. The van der Waals surface area contributed by atoms with E-state index in [1.165, 1.54) is 0 Å². The SMILES string of the molecule is Cn1c(Cl)cnc1C1CCOCC1. The summed E-state index contributed by atoms with van der Waals surface area (Å²) in [5, 5.41) is 0.710. The Kier molecular flexibility index (Phi) is 2.56. The molecule has 0 spiro atoms. The number of imidazole rings is 1. The fourth-order valence-corrected chi connectivity index (χ4v) is 1.87. The summed E-state index contributed by atoms with van der Waals surface area (Å²) >= 11 is 5.92. The second kappa shape index (κ2) is 3.68. The highest BCUT2D eigenvalue weighted by molar-refractivity contribution is 6.29. The number of rotatable bonds is 1. The largest absolute Gasteiger partial charge is 0.381 e. The molecular formula is C9H13ClN2O. The first-order valence-corrected chi connectivity index (χ1v) is 4.91. The average Bonchev–Trinajstić information content (AvgIpc) is 2.49. The topological polar surface area (TPSA) is 27.1 Å². The molecule has 1 saturated heterocycles. The van der Waals surface area contributed by atoms with Gasteiger partial charge in [-0.25, -0.2) is 4.98 Å². The Hall–Kier alpha value is -0.540. The lowest BCUT2D eigenvalue weighted by atomic mass is 10.00. The molecule has 0 unspecified atom stereocenters. The number of hydrogen-bond acceptors (Lipinski definition) is 2. The van der Waals surface area contributed by atoms with E-state index < -0.39 is 0 Å². The summed E-state index contributed by atoms with van der Waals surface area (Å²) in [4.78, 5) is 4.31. The highest BCUT2D eigenvalue weighted by Gasteiger charge is 2.20. The second-order valence-electron chi connectivity index (χ2n) is 3.38. The van der Waals surface area contributed by atoms with Crippen LogP contribution in [0.3, 0.4) is 0 Å². The summed E-state index contributed by atoms with van der Waals surface area (Å²) < 4.78 is 7.25. The molecule has 0 saturated carbocycles. The van der Waals surface area contributed by atoms with Crippen molar-refractivity contribution < 1.29 is 4.74 Å². The van der Waals surface area contributed by atoms with E-state index in [9.17, 15) is 0 Å². The molecule has 1 aromatic heterocycles. The maximum Gasteiger partial charge on any atom is 0.128 e. The van der Waals surface area contributed by atoms with Crippen molar-refractivity contribution in [3.8, 4) is 0 Å². The Morgan fingerprint density at radius 1 is 1.54 bits per heavy atom. The van der Waals surface area contributed by atoms with Gasteiger partial charge in [0.2, 0.25) is 0 Å². The zero-order valence-corrected chi connectivity index (χ0v) is 8.42. The van der Waals surface area contributed by atoms with Crippen LogP contribution in [-0.2, 0) is 11.8 Å². The van der Waals surface area contributed by atoms with E-state index in [2.05, 4.69) is 4.98 Å². The van der Waals surface area contributed by atoms with Crippen LogP contribution in [0, 0.1) is 0 Å². The Bertz CT molecular complexity index is 292. The molecule has 13 heavy (non-hydrogen) atoms. The lowest BCUT2D eigenvalue weighted by Gasteiger charge is -2.21. The number of halogens is 1. The summed E-state index contributed by atoms with van der Waals surface area (Å²) in [6.07, 6.45) is 3.83. The Balaban J connectivity index is 2.18. The fraction of sp³-hybridized carbons (Fsp3) is 0.667. The first-order valence-electron chi connectivity index (χ1n) is 4.54. The van der Waals surface area contributed by atoms with Gasteiger partial charge in [-0.1, -0.05) is 11.6 Å². The van der Waals surface area contributed by atoms with Crippen LogP contribution < -0.4 is 0 Å². The molecule has 0 N–H and O–H groups in total. The van der Waals surface area contributed by atoms with Gasteiger partial charge in [0.1, 0.15) is 11.0 Å². The van der Waals surface area contributed by atoms with E-state index in [1.54, 1.807) is 6.20 Å². The average molecular weight is 201 g/mol. The number of ether oxygens (including phenoxy) is 1. The van der Waals surface area contributed by atoms with Gasteiger partial charge in [0, 0.05) is 26.2 Å². The molecule has 0 radical (unpaired) electrons. The molecular weight excluding hydrogens is 188 g/mol. The van der Waals surface area contributed by atoms with Gasteiger partial charge in [-0.2, -0.15) is 0 Å². The molecule has 0 bridgehead atoms. The molecule has 0 aromatic carbocycles. The van der Waals surface area contributed by atoms with Gasteiger partial charge in [-0.3, -0.25) is 0 Å². The van der Waals surface area contributed by atoms with Crippen molar-refractivity contribution >= 4 is 11.6 Å². The Labute approximate surface area is 82.7 Å². The van der Waals surface area contributed by atoms with Crippen LogP contribution in [0.4, 0.5) is 0 Å². The van der Waals surface area contributed by atoms with Gasteiger partial charge >= 0.3 is 0 Å². The van der Waals surface area contributed by atoms with E-state index in [0.29, 0.717) is 11.1 Å². The smallest absolute Gasteiger partial charge is 0.128 e. The van der Waals surface area contributed by atoms with Crippen LogP contribution in [0.25, 0.3) is 0 Å². The predicted molar refractivity (Wildman–Crippen MR) is 51.0 cm³/mol. The second-order valence-corrected chi connectivity index (χ2v) is 3.77. The predicted octanol–water partition coefficient (Wildman–Crippen LogP) is 1.97. The van der Waals surface area contributed by atoms with Crippen LogP contribution in [-0.4, -0.2) is 22.8 Å². The maximum atomic E-state index is 5.92. The van der Waals surface area contributed by atoms with Crippen LogP contribution in [0.1, 0.15) is 24.6 Å². The molecule has 1 fully saturated rings. The molecule has 72 valence electrons. The minimum absolute atomic E-state index is 0.520. The summed E-state index contributed by atoms with van der Waals surface area (Å²) in [6.45, 7) is 1.68. The lowest BCUT2D eigenvalue weighted by molar-refractivity contribution is 0.0830. The Morgan fingerprint density at radius 2 is 2.23 bits per heavy atom. The first-order chi connectivity index (χ1) is 6.29. The van der Waals surface area contributed by atoms with E-state index in [0.717, 1.165) is 31.9 Å². The molecule has 3 nitrogen and oxygen atoms in total. The zero-order chi connectivity index (χ0) is 9.26. The molecule has 4 heteroatoms. The van der Waals surface area contributed by atoms with E-state index in [1.807, 2.05) is 11.6 Å². The van der Waals surface area contributed by atoms with Crippen molar-refractivity contribution in [2.45, 2.75) is 18.8 Å². The lowest BCUT2D eigenvalue weighted by Crippen LogP contribution is -2.17. The van der Waals surface area contributed by atoms with Gasteiger partial charge in [-0.15, -0.1) is 0 Å². The normalized spacial score (nSPS) is 19.2. The van der Waals surface area contributed by atoms with Gasteiger partial charge in [0.25, 0.3) is 0 Å². The third-order valence-electron chi connectivity index (χ3n) is 2.55. The monoisotopic (exact) mass is 200 g/mol.